The molecule has 2 aromatic carbocycles. The van der Waals surface area contributed by atoms with Crippen LogP contribution in [0.3, 0.4) is 0 Å². The fraction of sp³-hybridized carbons (Fsp3) is 0.528. The maximum absolute atomic E-state index is 13.2. The normalized spacial score (nSPS) is 14.4. The monoisotopic (exact) mass is 838 g/mol. The van der Waals surface area contributed by atoms with Crippen molar-refractivity contribution in [3.63, 3.8) is 0 Å². The van der Waals surface area contributed by atoms with Gasteiger partial charge in [0.2, 0.25) is 15.8 Å². The third kappa shape index (κ3) is 19.3. The molecular weight excluding hydrogens is 787 g/mol. The fourth-order valence-corrected chi connectivity index (χ4v) is 6.46. The third-order valence-corrected chi connectivity index (χ3v) is 10.0. The molecule has 2 heterocycles. The number of sulfonamides is 2. The number of primary sulfonamides is 1. The summed E-state index contributed by atoms with van der Waals surface area (Å²) in [6, 6.07) is 6.70. The second-order valence-electron chi connectivity index (χ2n) is 11.9. The van der Waals surface area contributed by atoms with Crippen LogP contribution in [0, 0.1) is 31.4 Å². The van der Waals surface area contributed by atoms with E-state index in [1.54, 1.807) is 0 Å². The van der Waals surface area contributed by atoms with Crippen molar-refractivity contribution in [2.45, 2.75) is 63.2 Å². The maximum atomic E-state index is 13.2. The molecule has 0 amide bonds. The summed E-state index contributed by atoms with van der Waals surface area (Å²) in [5.74, 6) is -4.63. The summed E-state index contributed by atoms with van der Waals surface area (Å²) in [6.45, 7) is 12.8. The lowest BCUT2D eigenvalue weighted by molar-refractivity contribution is -0.152. The number of hydrogen-bond acceptors (Lipinski definition) is 12. The van der Waals surface area contributed by atoms with Crippen molar-refractivity contribution in [1.29, 1.82) is 0 Å². The van der Waals surface area contributed by atoms with Crippen molar-refractivity contribution in [3.8, 4) is 0 Å². The quantitative estimate of drug-likeness (QED) is 0.114. The van der Waals surface area contributed by atoms with Gasteiger partial charge in [0.1, 0.15) is 17.3 Å². The Morgan fingerprint density at radius 1 is 0.750 bits per heavy atom. The zero-order valence-electron chi connectivity index (χ0n) is 31.9. The first-order valence-corrected chi connectivity index (χ1v) is 20.6. The van der Waals surface area contributed by atoms with Crippen LogP contribution in [0.4, 0.5) is 8.78 Å². The molecule has 0 radical (unpaired) electrons. The van der Waals surface area contributed by atoms with Crippen LogP contribution < -0.4 is 9.86 Å². The number of carboxylic acid groups (broad SMARTS) is 2. The Hall–Kier alpha value is -3.89. The number of halogens is 2. The van der Waals surface area contributed by atoms with Gasteiger partial charge in [-0.25, -0.2) is 40.3 Å². The number of aliphatic carboxylic acids is 2. The van der Waals surface area contributed by atoms with Gasteiger partial charge in [-0.2, -0.15) is 0 Å². The predicted octanol–water partition coefficient (Wildman–Crippen LogP) is 3.49. The molecule has 0 aromatic heterocycles. The second-order valence-corrected chi connectivity index (χ2v) is 15.2. The molecule has 0 unspecified atom stereocenters. The summed E-state index contributed by atoms with van der Waals surface area (Å²) < 4.78 is 99.5. The Morgan fingerprint density at radius 3 is 1.62 bits per heavy atom. The number of nitrogens with one attached hydrogen (secondary N) is 1. The van der Waals surface area contributed by atoms with Gasteiger partial charge in [-0.15, -0.1) is 0 Å². The zero-order chi connectivity index (χ0) is 42.3. The highest BCUT2D eigenvalue weighted by molar-refractivity contribution is 7.89. The summed E-state index contributed by atoms with van der Waals surface area (Å²) in [5.41, 5.74) is 0.562. The van der Waals surface area contributed by atoms with Crippen LogP contribution in [0.15, 0.2) is 57.5 Å². The van der Waals surface area contributed by atoms with Crippen LogP contribution in [0.1, 0.15) is 50.7 Å². The largest absolute Gasteiger partial charge is 0.477 e. The highest BCUT2D eigenvalue weighted by Gasteiger charge is 2.26. The van der Waals surface area contributed by atoms with E-state index in [1.807, 2.05) is 13.8 Å². The van der Waals surface area contributed by atoms with Crippen LogP contribution in [-0.4, -0.2) is 111 Å². The van der Waals surface area contributed by atoms with Crippen LogP contribution in [0.5, 0.6) is 0 Å². The van der Waals surface area contributed by atoms with E-state index in [2.05, 4.69) is 4.72 Å². The van der Waals surface area contributed by atoms with Gasteiger partial charge in [0, 0.05) is 32.3 Å². The summed E-state index contributed by atoms with van der Waals surface area (Å²) in [4.78, 5) is 32.1. The van der Waals surface area contributed by atoms with Gasteiger partial charge in [-0.05, 0) is 106 Å². The minimum atomic E-state index is -4.09. The summed E-state index contributed by atoms with van der Waals surface area (Å²) in [5, 5.41) is 22.4. The Bertz CT molecular complexity index is 1800. The zero-order valence-corrected chi connectivity index (χ0v) is 33.5. The number of rotatable bonds is 15. The summed E-state index contributed by atoms with van der Waals surface area (Å²) in [6.07, 6.45) is 1.80. The lowest BCUT2D eigenvalue weighted by Crippen LogP contribution is -2.30. The molecule has 316 valence electrons. The molecule has 2 aliphatic heterocycles. The highest BCUT2D eigenvalue weighted by Crippen LogP contribution is 2.21. The molecule has 0 bridgehead atoms. The van der Waals surface area contributed by atoms with Gasteiger partial charge in [0.15, 0.2) is 0 Å². The van der Waals surface area contributed by atoms with Gasteiger partial charge < -0.3 is 33.9 Å². The average molecular weight is 839 g/mol. The molecule has 20 heteroatoms. The van der Waals surface area contributed by atoms with Gasteiger partial charge in [-0.3, -0.25) is 9.52 Å². The molecule has 0 spiro atoms. The SMILES string of the molecule is CCOCCOCCOCC.Cc1cc(S(=O)(=O)NC(C(=O)O)=C2CCOCC2)ccc1F.Cc1cc(S(N)(=O)=O)ccc1F.O=C(O)C(=O)C1CCOCC1. The van der Waals surface area contributed by atoms with Crippen LogP contribution in [0.25, 0.3) is 0 Å². The van der Waals surface area contributed by atoms with Crippen molar-refractivity contribution in [3.05, 3.63) is 70.4 Å². The first-order valence-electron chi connectivity index (χ1n) is 17.5. The van der Waals surface area contributed by atoms with Crippen molar-refractivity contribution in [2.24, 2.45) is 11.1 Å². The Balaban J connectivity index is 0.000000396. The smallest absolute Gasteiger partial charge is 0.372 e. The van der Waals surface area contributed by atoms with Crippen molar-refractivity contribution < 1.29 is 73.9 Å². The number of ketones is 1. The lowest BCUT2D eigenvalue weighted by Gasteiger charge is -2.18. The molecular formula is C36H52F2N2O14S2. The van der Waals surface area contributed by atoms with E-state index >= 15 is 0 Å². The number of carboxylic acids is 2. The van der Waals surface area contributed by atoms with Crippen molar-refractivity contribution >= 4 is 37.8 Å². The van der Waals surface area contributed by atoms with E-state index in [0.29, 0.717) is 84.1 Å². The topological polar surface area (TPSA) is 244 Å². The van der Waals surface area contributed by atoms with Gasteiger partial charge in [0.05, 0.1) is 49.4 Å². The molecule has 2 aromatic rings. The van der Waals surface area contributed by atoms with Crippen LogP contribution >= 0.6 is 0 Å². The molecule has 16 nitrogen and oxygen atoms in total. The van der Waals surface area contributed by atoms with E-state index in [4.69, 9.17) is 33.9 Å². The highest BCUT2D eigenvalue weighted by atomic mass is 32.2. The molecule has 0 saturated carbocycles. The van der Waals surface area contributed by atoms with E-state index in [9.17, 15) is 45.1 Å². The van der Waals surface area contributed by atoms with Crippen molar-refractivity contribution in [2.75, 3.05) is 66.1 Å². The first-order chi connectivity index (χ1) is 26.3. The number of carbonyl (C=O) groups excluding carboxylic acids is 1. The molecule has 2 saturated heterocycles. The molecule has 5 N–H and O–H groups in total. The number of hydrogen-bond donors (Lipinski definition) is 4. The molecule has 4 rings (SSSR count). The molecule has 0 atom stereocenters. The number of ether oxygens (including phenoxy) is 5. The third-order valence-electron chi connectivity index (χ3n) is 7.75. The van der Waals surface area contributed by atoms with E-state index < -0.39 is 49.4 Å². The lowest BCUT2D eigenvalue weighted by atomic mass is 9.96. The first kappa shape index (κ1) is 50.1. The van der Waals surface area contributed by atoms with Gasteiger partial charge in [-0.1, -0.05) is 0 Å². The number of aryl methyl sites for hydroxylation is 2. The summed E-state index contributed by atoms with van der Waals surface area (Å²) in [7, 11) is -7.80. The molecule has 56 heavy (non-hydrogen) atoms. The van der Waals surface area contributed by atoms with E-state index in [1.165, 1.54) is 19.9 Å². The van der Waals surface area contributed by atoms with Crippen LogP contribution in [0.2, 0.25) is 0 Å². The maximum Gasteiger partial charge on any atom is 0.372 e. The average Bonchev–Trinajstić information content (AvgIpc) is 3.16. The Labute approximate surface area is 326 Å². The minimum Gasteiger partial charge on any atom is -0.477 e. The predicted molar refractivity (Wildman–Crippen MR) is 199 cm³/mol. The number of Topliss-reactive ketones (excluding diaryl/α,β-unsaturated/α-hetero) is 1. The Kier molecular flexibility index (Phi) is 23.4. The number of nitrogens with two attached hydrogens (primary N) is 1. The Morgan fingerprint density at radius 2 is 1.20 bits per heavy atom. The number of benzene rings is 2. The van der Waals surface area contributed by atoms with Crippen LogP contribution in [-0.2, 0) is 58.1 Å². The molecule has 2 fully saturated rings. The fourth-order valence-electron chi connectivity index (χ4n) is 4.67. The summed E-state index contributed by atoms with van der Waals surface area (Å²) >= 11 is 0. The van der Waals surface area contributed by atoms with E-state index in [0.717, 1.165) is 43.5 Å². The van der Waals surface area contributed by atoms with E-state index in [-0.39, 0.29) is 32.5 Å². The molecule has 2 aliphatic rings. The second kappa shape index (κ2) is 26.1. The standard InChI is InChI=1S/C14H16FNO5S.C8H18O3.C7H8FNO2S.C7H10O4/c1-9-8-11(2-3-12(9)15)22(19,20)16-13(14(17)18)10-4-6-21-7-5-10;1-3-9-5-7-11-8-6-10-4-2;1-5-4-6(12(9,10)11)2-3-7(5)8;8-6(7(9)10)5-1-3-11-4-2-5/h2-3,8,16H,4-7H2,1H3,(H,17,18);3-8H2,1-2H3;2-4H,1H3,(H2,9,10,11);5H,1-4H2,(H,9,10). The van der Waals surface area contributed by atoms with Crippen molar-refractivity contribution in [1.82, 2.24) is 4.72 Å². The minimum absolute atomic E-state index is 0.0681. The molecule has 0 aliphatic carbocycles. The van der Waals surface area contributed by atoms with Gasteiger partial charge >= 0.3 is 11.9 Å². The van der Waals surface area contributed by atoms with Gasteiger partial charge in [0.25, 0.3) is 10.0 Å². The number of carbonyl (C=O) groups is 3.